The van der Waals surface area contributed by atoms with Gasteiger partial charge in [0.2, 0.25) is 0 Å². The largest absolute Gasteiger partial charge is 0.524 e. The van der Waals surface area contributed by atoms with E-state index in [1.54, 1.807) is 18.2 Å². The molecule has 5 N–H and O–H groups in total. The van der Waals surface area contributed by atoms with Crippen LogP contribution < -0.4 is 10.3 Å². The third kappa shape index (κ3) is 4.63. The molecule has 0 atom stereocenters. The standard InChI is InChI=1S/C8H8NO4P.C7H9N/c10-14(11,12)13-8-5-9-7-4-2-1-3-6(7)8;1-6-2-4-7(8)5-3-6/h1-5,9H,(H2,10,11,12);2-5H,8H2,1H3. The fourth-order valence-electron chi connectivity index (χ4n) is 1.81. The van der Waals surface area contributed by atoms with Gasteiger partial charge in [0.15, 0.2) is 5.75 Å². The number of fused-ring (bicyclic) bond motifs is 1. The first-order valence-electron chi connectivity index (χ1n) is 6.48. The van der Waals surface area contributed by atoms with Gasteiger partial charge < -0.3 is 15.2 Å². The summed E-state index contributed by atoms with van der Waals surface area (Å²) in [6.45, 7) is 2.04. The summed E-state index contributed by atoms with van der Waals surface area (Å²) in [5.74, 6) is 0.161. The van der Waals surface area contributed by atoms with Gasteiger partial charge in [-0.05, 0) is 31.2 Å². The van der Waals surface area contributed by atoms with Crippen LogP contribution in [0.15, 0.2) is 54.7 Å². The zero-order valence-electron chi connectivity index (χ0n) is 11.9. The molecule has 0 aliphatic heterocycles. The number of aryl methyl sites for hydroxylation is 1. The molecule has 116 valence electrons. The predicted molar refractivity (Wildman–Crippen MR) is 86.6 cm³/mol. The number of hydrogen-bond acceptors (Lipinski definition) is 3. The van der Waals surface area contributed by atoms with E-state index in [4.69, 9.17) is 15.5 Å². The zero-order chi connectivity index (χ0) is 16.2. The van der Waals surface area contributed by atoms with E-state index in [1.165, 1.54) is 11.8 Å². The molecule has 3 rings (SSSR count). The van der Waals surface area contributed by atoms with Crippen LogP contribution in [0.4, 0.5) is 5.69 Å². The summed E-state index contributed by atoms with van der Waals surface area (Å²) in [5, 5.41) is 0.649. The summed E-state index contributed by atoms with van der Waals surface area (Å²) < 4.78 is 15.1. The van der Waals surface area contributed by atoms with Crippen molar-refractivity contribution in [3.8, 4) is 5.75 Å². The maximum Gasteiger partial charge on any atom is 0.524 e. The second kappa shape index (κ2) is 6.66. The molecule has 6 nitrogen and oxygen atoms in total. The fourth-order valence-corrected chi connectivity index (χ4v) is 2.22. The van der Waals surface area contributed by atoms with Crippen molar-refractivity contribution in [3.05, 3.63) is 60.3 Å². The molecular formula is C15H17N2O4P. The maximum absolute atomic E-state index is 10.6. The fraction of sp³-hybridized carbons (Fsp3) is 0.0667. The number of rotatable bonds is 2. The van der Waals surface area contributed by atoms with Gasteiger partial charge in [0.05, 0.1) is 0 Å². The van der Waals surface area contributed by atoms with Crippen LogP contribution >= 0.6 is 7.82 Å². The molecule has 1 heterocycles. The Morgan fingerprint density at radius 1 is 1.09 bits per heavy atom. The monoisotopic (exact) mass is 320 g/mol. The third-order valence-electron chi connectivity index (χ3n) is 2.85. The van der Waals surface area contributed by atoms with Crippen molar-refractivity contribution in [2.24, 2.45) is 0 Å². The Morgan fingerprint density at radius 3 is 2.32 bits per heavy atom. The van der Waals surface area contributed by atoms with Crippen LogP contribution in [0.5, 0.6) is 5.75 Å². The highest BCUT2D eigenvalue weighted by Gasteiger charge is 2.18. The molecule has 0 bridgehead atoms. The highest BCUT2D eigenvalue weighted by Crippen LogP contribution is 2.40. The minimum absolute atomic E-state index is 0.161. The van der Waals surface area contributed by atoms with E-state index in [-0.39, 0.29) is 5.75 Å². The number of hydrogen-bond donors (Lipinski definition) is 4. The van der Waals surface area contributed by atoms with Crippen LogP contribution in [-0.2, 0) is 4.57 Å². The molecule has 3 aromatic rings. The Morgan fingerprint density at radius 2 is 1.73 bits per heavy atom. The lowest BCUT2D eigenvalue weighted by Crippen LogP contribution is -1.88. The van der Waals surface area contributed by atoms with Gasteiger partial charge in [-0.2, -0.15) is 0 Å². The first-order valence-corrected chi connectivity index (χ1v) is 8.01. The summed E-state index contributed by atoms with van der Waals surface area (Å²) in [4.78, 5) is 20.1. The number of anilines is 1. The Bertz CT molecular complexity index is 772. The van der Waals surface area contributed by atoms with Gasteiger partial charge in [0.1, 0.15) is 0 Å². The first kappa shape index (κ1) is 16.1. The van der Waals surface area contributed by atoms with Crippen LogP contribution in [-0.4, -0.2) is 14.8 Å². The average Bonchev–Trinajstić information content (AvgIpc) is 2.84. The average molecular weight is 320 g/mol. The molecule has 0 aliphatic rings. The van der Waals surface area contributed by atoms with Crippen molar-refractivity contribution in [1.82, 2.24) is 4.98 Å². The number of nitrogens with one attached hydrogen (secondary N) is 1. The zero-order valence-corrected chi connectivity index (χ0v) is 12.8. The molecule has 7 heteroatoms. The second-order valence-corrected chi connectivity index (χ2v) is 5.85. The highest BCUT2D eigenvalue weighted by atomic mass is 31.2. The van der Waals surface area contributed by atoms with E-state index in [0.29, 0.717) is 5.39 Å². The molecule has 0 unspecified atom stereocenters. The molecule has 0 saturated carbocycles. The van der Waals surface area contributed by atoms with E-state index < -0.39 is 7.82 Å². The molecule has 0 saturated heterocycles. The van der Waals surface area contributed by atoms with Crippen molar-refractivity contribution < 1.29 is 18.9 Å². The number of nitrogen functional groups attached to an aromatic ring is 1. The lowest BCUT2D eigenvalue weighted by atomic mass is 10.2. The summed E-state index contributed by atoms with van der Waals surface area (Å²) in [5.41, 5.74) is 8.28. The van der Waals surface area contributed by atoms with Crippen molar-refractivity contribution in [2.45, 2.75) is 6.92 Å². The van der Waals surface area contributed by atoms with Crippen molar-refractivity contribution in [3.63, 3.8) is 0 Å². The number of para-hydroxylation sites is 1. The van der Waals surface area contributed by atoms with Crippen LogP contribution in [0.3, 0.4) is 0 Å². The minimum Gasteiger partial charge on any atom is -0.402 e. The minimum atomic E-state index is -4.48. The maximum atomic E-state index is 10.6. The van der Waals surface area contributed by atoms with E-state index in [1.807, 2.05) is 37.3 Å². The number of aromatic amines is 1. The highest BCUT2D eigenvalue weighted by molar-refractivity contribution is 7.46. The molecule has 0 spiro atoms. The molecule has 2 aromatic carbocycles. The summed E-state index contributed by atoms with van der Waals surface area (Å²) in [6, 6.07) is 14.9. The molecule has 22 heavy (non-hydrogen) atoms. The number of nitrogens with two attached hydrogens (primary N) is 1. The number of aromatic nitrogens is 1. The third-order valence-corrected chi connectivity index (χ3v) is 3.28. The Balaban J connectivity index is 0.000000188. The van der Waals surface area contributed by atoms with E-state index in [0.717, 1.165) is 11.2 Å². The topological polar surface area (TPSA) is 109 Å². The van der Waals surface area contributed by atoms with Crippen LogP contribution in [0.1, 0.15) is 5.56 Å². The van der Waals surface area contributed by atoms with E-state index in [2.05, 4.69) is 9.51 Å². The van der Waals surface area contributed by atoms with Crippen molar-refractivity contribution >= 4 is 24.4 Å². The van der Waals surface area contributed by atoms with Gasteiger partial charge in [-0.15, -0.1) is 0 Å². The summed E-state index contributed by atoms with van der Waals surface area (Å²) in [6.07, 6.45) is 1.42. The van der Waals surface area contributed by atoms with Crippen LogP contribution in [0.25, 0.3) is 10.9 Å². The Kier molecular flexibility index (Phi) is 4.88. The molecular weight excluding hydrogens is 303 g/mol. The SMILES string of the molecule is Cc1ccc(N)cc1.O=P(O)(O)Oc1c[nH]c2ccccc12. The Labute approximate surface area is 127 Å². The number of phosphoric ester groups is 1. The summed E-state index contributed by atoms with van der Waals surface area (Å²) in [7, 11) is -4.48. The normalized spacial score (nSPS) is 10.9. The quantitative estimate of drug-likeness (QED) is 0.428. The lowest BCUT2D eigenvalue weighted by molar-refractivity contribution is 0.284. The van der Waals surface area contributed by atoms with Crippen molar-refractivity contribution in [1.29, 1.82) is 0 Å². The van der Waals surface area contributed by atoms with Gasteiger partial charge in [0, 0.05) is 22.8 Å². The van der Waals surface area contributed by atoms with Gasteiger partial charge in [-0.25, -0.2) is 4.57 Å². The molecule has 0 amide bonds. The van der Waals surface area contributed by atoms with E-state index in [9.17, 15) is 4.57 Å². The van der Waals surface area contributed by atoms with Crippen LogP contribution in [0, 0.1) is 6.92 Å². The lowest BCUT2D eigenvalue weighted by Gasteiger charge is -2.04. The predicted octanol–water partition coefficient (Wildman–Crippen LogP) is 3.22. The van der Waals surface area contributed by atoms with Gasteiger partial charge >= 0.3 is 7.82 Å². The number of benzene rings is 2. The smallest absolute Gasteiger partial charge is 0.402 e. The van der Waals surface area contributed by atoms with Crippen molar-refractivity contribution in [2.75, 3.05) is 5.73 Å². The number of H-pyrrole nitrogens is 1. The first-order chi connectivity index (χ1) is 10.3. The molecule has 0 radical (unpaired) electrons. The second-order valence-electron chi connectivity index (χ2n) is 4.69. The Hall–Kier alpha value is -2.27. The van der Waals surface area contributed by atoms with E-state index >= 15 is 0 Å². The van der Waals surface area contributed by atoms with Crippen LogP contribution in [0.2, 0.25) is 0 Å². The molecule has 0 fully saturated rings. The number of phosphoric acid groups is 1. The molecule has 1 aromatic heterocycles. The van der Waals surface area contributed by atoms with Gasteiger partial charge in [0.25, 0.3) is 0 Å². The molecule has 0 aliphatic carbocycles. The van der Waals surface area contributed by atoms with Gasteiger partial charge in [-0.3, -0.25) is 9.79 Å². The van der Waals surface area contributed by atoms with Gasteiger partial charge in [-0.1, -0.05) is 29.8 Å². The summed E-state index contributed by atoms with van der Waals surface area (Å²) >= 11 is 0.